The molecular formula is C18H27N5O2. The minimum Gasteiger partial charge on any atom is -0.453 e. The number of aromatic nitrogens is 1. The summed E-state index contributed by atoms with van der Waals surface area (Å²) in [5.74, 6) is 0.139. The quantitative estimate of drug-likeness (QED) is 0.303. The summed E-state index contributed by atoms with van der Waals surface area (Å²) in [7, 11) is 0. The van der Waals surface area contributed by atoms with Gasteiger partial charge in [0.25, 0.3) is 5.90 Å². The fourth-order valence-corrected chi connectivity index (χ4v) is 2.18. The van der Waals surface area contributed by atoms with E-state index in [9.17, 15) is 4.79 Å². The first kappa shape index (κ1) is 20.2. The second-order valence-corrected chi connectivity index (χ2v) is 5.44. The summed E-state index contributed by atoms with van der Waals surface area (Å²) < 4.78 is 5.45. The second kappa shape index (κ2) is 10.1. The van der Waals surface area contributed by atoms with Gasteiger partial charge in [-0.25, -0.2) is 9.98 Å². The van der Waals surface area contributed by atoms with Gasteiger partial charge >= 0.3 is 5.91 Å². The Morgan fingerprint density at radius 3 is 2.76 bits per heavy atom. The topological polar surface area (TPSA) is 102 Å². The Balaban J connectivity index is 2.67. The van der Waals surface area contributed by atoms with Gasteiger partial charge in [0, 0.05) is 24.5 Å². The number of carbonyl (C=O) groups excluding carboxylic acids is 1. The number of pyridine rings is 1. The molecule has 0 atom stereocenters. The molecule has 25 heavy (non-hydrogen) atoms. The molecule has 0 aliphatic rings. The van der Waals surface area contributed by atoms with Gasteiger partial charge in [-0.05, 0) is 51.0 Å². The third kappa shape index (κ3) is 6.66. The Bertz CT molecular complexity index is 657. The minimum atomic E-state index is -0.371. The molecule has 1 aromatic rings. The van der Waals surface area contributed by atoms with Crippen molar-refractivity contribution in [3.63, 3.8) is 0 Å². The number of rotatable bonds is 7. The summed E-state index contributed by atoms with van der Waals surface area (Å²) in [6, 6.07) is 1.78. The van der Waals surface area contributed by atoms with Crippen LogP contribution in [0.2, 0.25) is 0 Å². The van der Waals surface area contributed by atoms with Gasteiger partial charge < -0.3 is 21.1 Å². The smallest absolute Gasteiger partial charge is 0.306 e. The highest BCUT2D eigenvalue weighted by molar-refractivity contribution is 6.35. The van der Waals surface area contributed by atoms with Crippen LogP contribution in [0.3, 0.4) is 0 Å². The van der Waals surface area contributed by atoms with E-state index in [0.29, 0.717) is 18.9 Å². The van der Waals surface area contributed by atoms with Gasteiger partial charge in [-0.1, -0.05) is 12.7 Å². The van der Waals surface area contributed by atoms with Crippen molar-refractivity contribution in [3.05, 3.63) is 47.3 Å². The standard InChI is InChI=1S/C18H27N5O2/c1-6-8-13(4)22-11-25-18(20-7-2)17(24)21-10-15-12(3)9-16(19)23-14(15)5/h6,8-9,22H,1,7,10-11H2,2-5H3,(H2,19,23)(H,21,24)/b13-8+,20-18-. The van der Waals surface area contributed by atoms with E-state index in [2.05, 4.69) is 27.2 Å². The molecular weight excluding hydrogens is 318 g/mol. The highest BCUT2D eigenvalue weighted by Gasteiger charge is 2.14. The van der Waals surface area contributed by atoms with Crippen molar-refractivity contribution in [3.8, 4) is 0 Å². The van der Waals surface area contributed by atoms with E-state index in [1.54, 1.807) is 18.2 Å². The molecule has 136 valence electrons. The zero-order chi connectivity index (χ0) is 18.8. The predicted octanol–water partition coefficient (Wildman–Crippen LogP) is 1.97. The lowest BCUT2D eigenvalue weighted by Gasteiger charge is -2.13. The molecule has 0 aromatic carbocycles. The van der Waals surface area contributed by atoms with E-state index in [4.69, 9.17) is 10.5 Å². The van der Waals surface area contributed by atoms with E-state index >= 15 is 0 Å². The first-order valence-electron chi connectivity index (χ1n) is 8.10. The number of ether oxygens (including phenoxy) is 1. The molecule has 0 fully saturated rings. The van der Waals surface area contributed by atoms with Crippen LogP contribution in [0.4, 0.5) is 5.82 Å². The van der Waals surface area contributed by atoms with Gasteiger partial charge in [0.2, 0.25) is 0 Å². The van der Waals surface area contributed by atoms with Crippen LogP contribution in [0.15, 0.2) is 35.5 Å². The molecule has 1 rings (SSSR count). The zero-order valence-corrected chi connectivity index (χ0v) is 15.3. The SMILES string of the molecule is C=C/C=C(\C)NCO/C(=N\CC)C(=O)NCc1c(C)cc(N)nc1C. The van der Waals surface area contributed by atoms with Gasteiger partial charge in [-0.15, -0.1) is 0 Å². The summed E-state index contributed by atoms with van der Waals surface area (Å²) >= 11 is 0. The number of nitrogens with zero attached hydrogens (tertiary/aromatic N) is 2. The Kier molecular flexibility index (Phi) is 8.18. The summed E-state index contributed by atoms with van der Waals surface area (Å²) in [5, 5.41) is 5.82. The number of carbonyl (C=O) groups is 1. The van der Waals surface area contributed by atoms with Crippen LogP contribution >= 0.6 is 0 Å². The molecule has 1 amide bonds. The molecule has 1 aromatic heterocycles. The van der Waals surface area contributed by atoms with Crippen LogP contribution in [0.25, 0.3) is 0 Å². The fourth-order valence-electron chi connectivity index (χ4n) is 2.18. The molecule has 0 aliphatic carbocycles. The maximum absolute atomic E-state index is 12.3. The summed E-state index contributed by atoms with van der Waals surface area (Å²) in [4.78, 5) is 20.7. The monoisotopic (exact) mass is 345 g/mol. The summed E-state index contributed by atoms with van der Waals surface area (Å²) in [6.45, 7) is 12.1. The van der Waals surface area contributed by atoms with Crippen LogP contribution in [0.5, 0.6) is 0 Å². The number of nitrogens with two attached hydrogens (primary N) is 1. The lowest BCUT2D eigenvalue weighted by molar-refractivity contribution is -0.116. The van der Waals surface area contributed by atoms with Crippen molar-refractivity contribution >= 4 is 17.6 Å². The molecule has 7 heteroatoms. The normalized spacial score (nSPS) is 11.8. The Hall–Kier alpha value is -2.83. The van der Waals surface area contributed by atoms with Crippen LogP contribution in [0, 0.1) is 13.8 Å². The number of aliphatic imine (C=N–C) groups is 1. The molecule has 7 nitrogen and oxygen atoms in total. The number of nitrogen functional groups attached to an aromatic ring is 1. The minimum absolute atomic E-state index is 0.0418. The van der Waals surface area contributed by atoms with Crippen molar-refractivity contribution in [2.75, 3.05) is 19.0 Å². The highest BCUT2D eigenvalue weighted by atomic mass is 16.5. The van der Waals surface area contributed by atoms with Crippen molar-refractivity contribution < 1.29 is 9.53 Å². The Labute approximate surface area is 149 Å². The average Bonchev–Trinajstić information content (AvgIpc) is 2.53. The third-order valence-corrected chi connectivity index (χ3v) is 3.42. The van der Waals surface area contributed by atoms with Crippen LogP contribution in [-0.2, 0) is 16.1 Å². The summed E-state index contributed by atoms with van der Waals surface area (Å²) in [6.07, 6.45) is 3.47. The maximum atomic E-state index is 12.3. The van der Waals surface area contributed by atoms with Crippen molar-refractivity contribution in [1.29, 1.82) is 0 Å². The van der Waals surface area contributed by atoms with Gasteiger partial charge in [0.05, 0.1) is 0 Å². The van der Waals surface area contributed by atoms with Gasteiger partial charge in [0.15, 0.2) is 6.73 Å². The molecule has 0 bridgehead atoms. The van der Waals surface area contributed by atoms with E-state index in [0.717, 1.165) is 22.5 Å². The number of hydrogen-bond donors (Lipinski definition) is 3. The van der Waals surface area contributed by atoms with E-state index < -0.39 is 0 Å². The molecule has 1 heterocycles. The van der Waals surface area contributed by atoms with Gasteiger partial charge in [0.1, 0.15) is 5.82 Å². The lowest BCUT2D eigenvalue weighted by atomic mass is 10.1. The van der Waals surface area contributed by atoms with Crippen LogP contribution in [-0.4, -0.2) is 30.1 Å². The van der Waals surface area contributed by atoms with E-state index in [-0.39, 0.29) is 18.5 Å². The average molecular weight is 345 g/mol. The molecule has 0 unspecified atom stereocenters. The first-order valence-corrected chi connectivity index (χ1v) is 8.10. The molecule has 4 N–H and O–H groups in total. The van der Waals surface area contributed by atoms with Gasteiger partial charge in [-0.2, -0.15) is 0 Å². The van der Waals surface area contributed by atoms with Crippen LogP contribution < -0.4 is 16.4 Å². The molecule has 0 aliphatic heterocycles. The summed E-state index contributed by atoms with van der Waals surface area (Å²) in [5.41, 5.74) is 9.30. The number of allylic oxidation sites excluding steroid dienone is 3. The fraction of sp³-hybridized carbons (Fsp3) is 0.389. The van der Waals surface area contributed by atoms with Crippen molar-refractivity contribution in [1.82, 2.24) is 15.6 Å². The maximum Gasteiger partial charge on any atom is 0.306 e. The predicted molar refractivity (Wildman–Crippen MR) is 101 cm³/mol. The van der Waals surface area contributed by atoms with E-state index in [1.165, 1.54) is 0 Å². The van der Waals surface area contributed by atoms with Crippen LogP contribution in [0.1, 0.15) is 30.7 Å². The second-order valence-electron chi connectivity index (χ2n) is 5.44. The number of hydrogen-bond acceptors (Lipinski definition) is 6. The Morgan fingerprint density at radius 1 is 1.44 bits per heavy atom. The molecule has 0 saturated heterocycles. The molecule has 0 spiro atoms. The highest BCUT2D eigenvalue weighted by Crippen LogP contribution is 2.14. The first-order chi connectivity index (χ1) is 11.9. The zero-order valence-electron chi connectivity index (χ0n) is 15.3. The number of nitrogens with one attached hydrogen (secondary N) is 2. The largest absolute Gasteiger partial charge is 0.453 e. The number of anilines is 1. The van der Waals surface area contributed by atoms with Crippen molar-refractivity contribution in [2.24, 2.45) is 4.99 Å². The molecule has 0 saturated carbocycles. The Morgan fingerprint density at radius 2 is 2.16 bits per heavy atom. The lowest BCUT2D eigenvalue weighted by Crippen LogP contribution is -2.34. The molecule has 0 radical (unpaired) electrons. The van der Waals surface area contributed by atoms with Gasteiger partial charge in [-0.3, -0.25) is 4.79 Å². The number of amides is 1. The number of aryl methyl sites for hydroxylation is 2. The van der Waals surface area contributed by atoms with Crippen molar-refractivity contribution in [2.45, 2.75) is 34.2 Å². The van der Waals surface area contributed by atoms with E-state index in [1.807, 2.05) is 27.7 Å². The third-order valence-electron chi connectivity index (χ3n) is 3.42.